The van der Waals surface area contributed by atoms with Crippen LogP contribution in [0.1, 0.15) is 21.5 Å². The quantitative estimate of drug-likeness (QED) is 0.686. The molecule has 0 aliphatic heterocycles. The third-order valence-electron chi connectivity index (χ3n) is 3.83. The maximum absolute atomic E-state index is 12.3. The zero-order valence-corrected chi connectivity index (χ0v) is 14.5. The molecule has 0 spiro atoms. The van der Waals surface area contributed by atoms with Crippen LogP contribution in [0.25, 0.3) is 0 Å². The van der Waals surface area contributed by atoms with Crippen LogP contribution in [-0.4, -0.2) is 23.0 Å². The van der Waals surface area contributed by atoms with E-state index in [1.807, 2.05) is 36.4 Å². The predicted molar refractivity (Wildman–Crippen MR) is 100.0 cm³/mol. The molecule has 1 amide bonds. The lowest BCUT2D eigenvalue weighted by atomic mass is 10.2. The molecule has 6 heteroatoms. The van der Waals surface area contributed by atoms with Gasteiger partial charge in [0.15, 0.2) is 0 Å². The summed E-state index contributed by atoms with van der Waals surface area (Å²) in [5.74, 6) is 0.650. The Morgan fingerprint density at radius 3 is 2.58 bits per heavy atom. The molecule has 0 bridgehead atoms. The highest BCUT2D eigenvalue weighted by Gasteiger charge is 2.07. The number of carbonyl (C=O) groups excluding carboxylic acids is 1. The topological polar surface area (TPSA) is 76.1 Å². The molecule has 0 saturated carbocycles. The van der Waals surface area contributed by atoms with Gasteiger partial charge in [-0.1, -0.05) is 18.2 Å². The lowest BCUT2D eigenvalue weighted by molar-refractivity contribution is 0.0950. The van der Waals surface area contributed by atoms with Gasteiger partial charge in [0.1, 0.15) is 5.75 Å². The van der Waals surface area contributed by atoms with Crippen LogP contribution in [0.15, 0.2) is 67.3 Å². The van der Waals surface area contributed by atoms with Crippen molar-refractivity contribution >= 4 is 11.6 Å². The SMILES string of the molecule is COc1ccc(CNc2cncc(C(=O)NCc3cccnc3)c2)cc1. The van der Waals surface area contributed by atoms with Crippen molar-refractivity contribution in [3.63, 3.8) is 0 Å². The van der Waals surface area contributed by atoms with Crippen molar-refractivity contribution in [1.29, 1.82) is 0 Å². The average molecular weight is 348 g/mol. The Morgan fingerprint density at radius 1 is 1.00 bits per heavy atom. The summed E-state index contributed by atoms with van der Waals surface area (Å²) in [5.41, 5.74) is 3.35. The monoisotopic (exact) mass is 348 g/mol. The van der Waals surface area contributed by atoms with Gasteiger partial charge in [0.2, 0.25) is 0 Å². The largest absolute Gasteiger partial charge is 0.497 e. The maximum Gasteiger partial charge on any atom is 0.253 e. The highest BCUT2D eigenvalue weighted by atomic mass is 16.5. The van der Waals surface area contributed by atoms with Crippen LogP contribution in [0.2, 0.25) is 0 Å². The number of carbonyl (C=O) groups is 1. The van der Waals surface area contributed by atoms with Gasteiger partial charge in [-0.3, -0.25) is 14.8 Å². The average Bonchev–Trinajstić information content (AvgIpc) is 2.72. The Balaban J connectivity index is 1.57. The first kappa shape index (κ1) is 17.4. The molecule has 2 heterocycles. The lowest BCUT2D eigenvalue weighted by Gasteiger charge is -2.09. The van der Waals surface area contributed by atoms with Crippen molar-refractivity contribution in [3.05, 3.63) is 83.9 Å². The van der Waals surface area contributed by atoms with E-state index in [0.29, 0.717) is 18.7 Å². The second-order valence-electron chi connectivity index (χ2n) is 5.71. The molecule has 2 aromatic heterocycles. The van der Waals surface area contributed by atoms with Gasteiger partial charge in [-0.25, -0.2) is 0 Å². The van der Waals surface area contributed by atoms with Gasteiger partial charge in [0.05, 0.1) is 18.4 Å². The van der Waals surface area contributed by atoms with Gasteiger partial charge in [0, 0.05) is 37.9 Å². The normalized spacial score (nSPS) is 10.2. The Hall–Kier alpha value is -3.41. The van der Waals surface area contributed by atoms with Crippen LogP contribution >= 0.6 is 0 Å². The minimum Gasteiger partial charge on any atom is -0.497 e. The van der Waals surface area contributed by atoms with E-state index in [-0.39, 0.29) is 5.91 Å². The van der Waals surface area contributed by atoms with E-state index in [1.54, 1.807) is 38.0 Å². The van der Waals surface area contributed by atoms with Gasteiger partial charge >= 0.3 is 0 Å². The maximum atomic E-state index is 12.3. The Bertz CT molecular complexity index is 851. The molecule has 0 saturated heterocycles. The first-order chi connectivity index (χ1) is 12.7. The molecule has 0 aliphatic carbocycles. The van der Waals surface area contributed by atoms with Crippen molar-refractivity contribution in [2.24, 2.45) is 0 Å². The number of pyridine rings is 2. The number of benzene rings is 1. The Kier molecular flexibility index (Phi) is 5.77. The summed E-state index contributed by atoms with van der Waals surface area (Å²) in [6, 6.07) is 13.3. The first-order valence-electron chi connectivity index (χ1n) is 8.23. The molecular formula is C20H20N4O2. The Morgan fingerprint density at radius 2 is 1.85 bits per heavy atom. The summed E-state index contributed by atoms with van der Waals surface area (Å²) in [4.78, 5) is 20.5. The van der Waals surface area contributed by atoms with Crippen LogP contribution in [0.5, 0.6) is 5.75 Å². The van der Waals surface area contributed by atoms with E-state index < -0.39 is 0 Å². The van der Waals surface area contributed by atoms with E-state index in [0.717, 1.165) is 22.6 Å². The van der Waals surface area contributed by atoms with Crippen LogP contribution in [-0.2, 0) is 13.1 Å². The zero-order chi connectivity index (χ0) is 18.2. The van der Waals surface area contributed by atoms with Crippen molar-refractivity contribution in [2.75, 3.05) is 12.4 Å². The number of rotatable bonds is 7. The van der Waals surface area contributed by atoms with Crippen LogP contribution < -0.4 is 15.4 Å². The van der Waals surface area contributed by atoms with Crippen LogP contribution in [0, 0.1) is 0 Å². The fraction of sp³-hybridized carbons (Fsp3) is 0.150. The minimum absolute atomic E-state index is 0.172. The fourth-order valence-corrected chi connectivity index (χ4v) is 2.40. The minimum atomic E-state index is -0.172. The summed E-state index contributed by atoms with van der Waals surface area (Å²) in [5, 5.41) is 6.14. The number of anilines is 1. The standard InChI is InChI=1S/C20H20N4O2/c1-26-19-6-4-15(5-7-19)11-23-18-9-17(13-22-14-18)20(25)24-12-16-3-2-8-21-10-16/h2-10,13-14,23H,11-12H2,1H3,(H,24,25). The first-order valence-corrected chi connectivity index (χ1v) is 8.23. The molecule has 3 aromatic rings. The third kappa shape index (κ3) is 4.80. The van der Waals surface area contributed by atoms with Crippen molar-refractivity contribution in [2.45, 2.75) is 13.1 Å². The third-order valence-corrected chi connectivity index (χ3v) is 3.83. The highest BCUT2D eigenvalue weighted by Crippen LogP contribution is 2.14. The summed E-state index contributed by atoms with van der Waals surface area (Å²) >= 11 is 0. The second kappa shape index (κ2) is 8.62. The number of hydrogen-bond acceptors (Lipinski definition) is 5. The number of nitrogens with one attached hydrogen (secondary N) is 2. The van der Waals surface area contributed by atoms with E-state index in [1.165, 1.54) is 0 Å². The molecule has 0 unspecified atom stereocenters. The number of methoxy groups -OCH3 is 1. The molecular weight excluding hydrogens is 328 g/mol. The molecule has 6 nitrogen and oxygen atoms in total. The molecule has 26 heavy (non-hydrogen) atoms. The number of hydrogen-bond donors (Lipinski definition) is 2. The lowest BCUT2D eigenvalue weighted by Crippen LogP contribution is -2.23. The van der Waals surface area contributed by atoms with Gasteiger partial charge in [-0.2, -0.15) is 0 Å². The molecule has 3 rings (SSSR count). The summed E-state index contributed by atoms with van der Waals surface area (Å²) in [7, 11) is 1.64. The molecule has 0 aliphatic rings. The van der Waals surface area contributed by atoms with Gasteiger partial charge in [-0.15, -0.1) is 0 Å². The Labute approximate surface area is 152 Å². The smallest absolute Gasteiger partial charge is 0.253 e. The molecule has 2 N–H and O–H groups in total. The summed E-state index contributed by atoms with van der Waals surface area (Å²) in [6.45, 7) is 1.06. The second-order valence-corrected chi connectivity index (χ2v) is 5.71. The summed E-state index contributed by atoms with van der Waals surface area (Å²) < 4.78 is 5.15. The van der Waals surface area contributed by atoms with E-state index >= 15 is 0 Å². The molecule has 0 fully saturated rings. The van der Waals surface area contributed by atoms with E-state index in [2.05, 4.69) is 20.6 Å². The van der Waals surface area contributed by atoms with Crippen molar-refractivity contribution in [1.82, 2.24) is 15.3 Å². The van der Waals surface area contributed by atoms with Crippen molar-refractivity contribution < 1.29 is 9.53 Å². The zero-order valence-electron chi connectivity index (χ0n) is 14.5. The number of nitrogens with zero attached hydrogens (tertiary/aromatic N) is 2. The van der Waals surface area contributed by atoms with Crippen LogP contribution in [0.3, 0.4) is 0 Å². The number of amides is 1. The summed E-state index contributed by atoms with van der Waals surface area (Å²) in [6.07, 6.45) is 6.68. The molecule has 0 atom stereocenters. The van der Waals surface area contributed by atoms with Crippen molar-refractivity contribution in [3.8, 4) is 5.75 Å². The van der Waals surface area contributed by atoms with Gasteiger partial charge in [-0.05, 0) is 35.4 Å². The van der Waals surface area contributed by atoms with Gasteiger partial charge in [0.25, 0.3) is 5.91 Å². The number of ether oxygens (including phenoxy) is 1. The predicted octanol–water partition coefficient (Wildman–Crippen LogP) is 3.03. The van der Waals surface area contributed by atoms with Gasteiger partial charge < -0.3 is 15.4 Å². The van der Waals surface area contributed by atoms with Crippen LogP contribution in [0.4, 0.5) is 5.69 Å². The molecule has 1 aromatic carbocycles. The molecule has 0 radical (unpaired) electrons. The highest BCUT2D eigenvalue weighted by molar-refractivity contribution is 5.94. The fourth-order valence-electron chi connectivity index (χ4n) is 2.40. The van der Waals surface area contributed by atoms with E-state index in [4.69, 9.17) is 4.74 Å². The number of aromatic nitrogens is 2. The van der Waals surface area contributed by atoms with E-state index in [9.17, 15) is 4.79 Å². The molecule has 132 valence electrons.